The number of carbonyl (C=O) groups is 1. The summed E-state index contributed by atoms with van der Waals surface area (Å²) in [7, 11) is -1.96. The van der Waals surface area contributed by atoms with Gasteiger partial charge in [0.05, 0.1) is 18.3 Å². The van der Waals surface area contributed by atoms with Crippen LogP contribution in [-0.2, 0) is 15.6 Å². The molecule has 0 aliphatic carbocycles. The summed E-state index contributed by atoms with van der Waals surface area (Å²) in [6, 6.07) is 3.54. The summed E-state index contributed by atoms with van der Waals surface area (Å²) in [5.74, 6) is -1.20. The number of nitrogens with two attached hydrogens (primary N) is 1. The van der Waals surface area contributed by atoms with Crippen LogP contribution in [0.15, 0.2) is 36.4 Å². The Balaban J connectivity index is 2.94. The first-order valence-corrected chi connectivity index (χ1v) is 9.71. The van der Waals surface area contributed by atoms with Crippen LogP contribution in [0.1, 0.15) is 27.2 Å². The average Bonchev–Trinajstić information content (AvgIpc) is 2.61. The molecule has 150 valence electrons. The lowest BCUT2D eigenvalue weighted by Gasteiger charge is -2.25. The second-order valence-electron chi connectivity index (χ2n) is 5.80. The van der Waals surface area contributed by atoms with Gasteiger partial charge in [0.2, 0.25) is 5.91 Å². The molecule has 1 amide bonds. The predicted octanol–water partition coefficient (Wildman–Crippen LogP) is 2.10. The molecule has 0 bridgehead atoms. The third-order valence-electron chi connectivity index (χ3n) is 3.70. The number of amides is 1. The third-order valence-corrected chi connectivity index (χ3v) is 5.30. The van der Waals surface area contributed by atoms with E-state index in [0.29, 0.717) is 5.70 Å². The second-order valence-corrected chi connectivity index (χ2v) is 7.68. The molecular weight excluding hydrogens is 381 g/mol. The zero-order valence-corrected chi connectivity index (χ0v) is 16.2. The van der Waals surface area contributed by atoms with Crippen LogP contribution in [-0.4, -0.2) is 49.4 Å². The minimum Gasteiger partial charge on any atom is -0.305 e. The highest BCUT2D eigenvalue weighted by Gasteiger charge is 2.32. The topological polar surface area (TPSA) is 90.7 Å². The Morgan fingerprint density at radius 2 is 2.15 bits per heavy atom. The van der Waals surface area contributed by atoms with Gasteiger partial charge in [-0.15, -0.1) is 0 Å². The molecule has 0 aliphatic rings. The summed E-state index contributed by atoms with van der Waals surface area (Å²) in [5.41, 5.74) is 1.17. The van der Waals surface area contributed by atoms with Gasteiger partial charge in [0.15, 0.2) is 5.69 Å². The fourth-order valence-corrected chi connectivity index (χ4v) is 3.38. The van der Waals surface area contributed by atoms with Crippen LogP contribution in [0, 0.1) is 5.41 Å². The second kappa shape index (κ2) is 10.3. The van der Waals surface area contributed by atoms with Gasteiger partial charge in [-0.05, 0) is 26.8 Å². The monoisotopic (exact) mass is 405 g/mol. The molecule has 0 aromatic carbocycles. The number of pyridine rings is 1. The van der Waals surface area contributed by atoms with Crippen LogP contribution in [0.4, 0.5) is 18.9 Å². The molecule has 0 saturated heterocycles. The molecule has 1 aromatic heterocycles. The number of halogens is 3. The highest BCUT2D eigenvalue weighted by molar-refractivity contribution is 7.86. The summed E-state index contributed by atoms with van der Waals surface area (Å²) >= 11 is 0. The van der Waals surface area contributed by atoms with Crippen molar-refractivity contribution in [2.75, 3.05) is 12.3 Å². The first-order chi connectivity index (χ1) is 12.6. The number of nitrogens with one attached hydrogen (secondary N) is 1. The highest BCUT2D eigenvalue weighted by Crippen LogP contribution is 2.21. The Labute approximate surface area is 158 Å². The zero-order valence-electron chi connectivity index (χ0n) is 15.4. The van der Waals surface area contributed by atoms with Crippen LogP contribution < -0.4 is 5.32 Å². The minimum absolute atomic E-state index is 0.110. The van der Waals surface area contributed by atoms with Gasteiger partial charge in [-0.1, -0.05) is 0 Å². The minimum atomic E-state index is -4.42. The molecule has 1 aromatic rings. The first-order valence-electron chi connectivity index (χ1n) is 8.32. The average molecular weight is 405 g/mol. The summed E-state index contributed by atoms with van der Waals surface area (Å²) in [4.78, 5) is 17.9. The summed E-state index contributed by atoms with van der Waals surface area (Å²) in [6.45, 7) is 4.73. The normalized spacial score (nSPS) is 14.5. The van der Waals surface area contributed by atoms with E-state index in [1.165, 1.54) is 18.7 Å². The SMILES string of the molecule is CCN(C(=O)C(C)S(=O)CCC(F)(F)F)/C(=C/[NH2+]c1cccnc1)C(C)=N. The molecule has 10 heteroatoms. The number of alkyl halides is 3. The third kappa shape index (κ3) is 7.59. The van der Waals surface area contributed by atoms with E-state index in [1.54, 1.807) is 43.0 Å². The Hall–Kier alpha value is -2.07. The van der Waals surface area contributed by atoms with Crippen LogP contribution in [0.5, 0.6) is 0 Å². The first kappa shape index (κ1) is 23.0. The smallest absolute Gasteiger partial charge is 0.305 e. The highest BCUT2D eigenvalue weighted by atomic mass is 32.2. The maximum Gasteiger partial charge on any atom is 0.390 e. The maximum atomic E-state index is 12.7. The number of rotatable bonds is 9. The zero-order chi connectivity index (χ0) is 20.6. The molecular formula is C17H24F3N4O2S+. The van der Waals surface area contributed by atoms with E-state index < -0.39 is 40.3 Å². The van der Waals surface area contributed by atoms with E-state index in [4.69, 9.17) is 5.41 Å². The number of hydrogen-bond acceptors (Lipinski definition) is 4. The number of aromatic nitrogens is 1. The van der Waals surface area contributed by atoms with Crippen molar-refractivity contribution in [3.8, 4) is 0 Å². The van der Waals surface area contributed by atoms with Crippen molar-refractivity contribution in [2.45, 2.75) is 38.6 Å². The van der Waals surface area contributed by atoms with Crippen molar-refractivity contribution < 1.29 is 27.5 Å². The van der Waals surface area contributed by atoms with Gasteiger partial charge >= 0.3 is 6.18 Å². The van der Waals surface area contributed by atoms with Gasteiger partial charge in [-0.25, -0.2) is 0 Å². The Bertz CT molecular complexity index is 708. The molecule has 0 aliphatic heterocycles. The molecule has 0 spiro atoms. The molecule has 1 rings (SSSR count). The van der Waals surface area contributed by atoms with Crippen molar-refractivity contribution in [3.05, 3.63) is 36.4 Å². The van der Waals surface area contributed by atoms with E-state index >= 15 is 0 Å². The summed E-state index contributed by atoms with van der Waals surface area (Å²) < 4.78 is 49.1. The quantitative estimate of drug-likeness (QED) is 0.617. The predicted molar refractivity (Wildman–Crippen MR) is 97.8 cm³/mol. The Morgan fingerprint density at radius 1 is 1.48 bits per heavy atom. The molecule has 3 N–H and O–H groups in total. The van der Waals surface area contributed by atoms with E-state index in [1.807, 2.05) is 0 Å². The van der Waals surface area contributed by atoms with Crippen molar-refractivity contribution in [3.63, 3.8) is 0 Å². The van der Waals surface area contributed by atoms with Crippen LogP contribution in [0.25, 0.3) is 0 Å². The number of carbonyl (C=O) groups excluding carboxylic acids is 1. The van der Waals surface area contributed by atoms with Crippen molar-refractivity contribution in [1.29, 1.82) is 5.41 Å². The van der Waals surface area contributed by atoms with Crippen LogP contribution in [0.2, 0.25) is 0 Å². The lowest BCUT2D eigenvalue weighted by Crippen LogP contribution is -2.72. The molecule has 6 nitrogen and oxygen atoms in total. The van der Waals surface area contributed by atoms with Crippen LogP contribution >= 0.6 is 0 Å². The van der Waals surface area contributed by atoms with E-state index in [0.717, 1.165) is 5.69 Å². The molecule has 2 unspecified atom stereocenters. The number of hydrogen-bond donors (Lipinski definition) is 2. The lowest BCUT2D eigenvalue weighted by molar-refractivity contribution is -0.497. The van der Waals surface area contributed by atoms with E-state index in [2.05, 4.69) is 4.98 Å². The summed E-state index contributed by atoms with van der Waals surface area (Å²) in [5, 5.41) is 8.51. The fourth-order valence-electron chi connectivity index (χ4n) is 2.24. The van der Waals surface area contributed by atoms with E-state index in [9.17, 15) is 22.2 Å². The van der Waals surface area contributed by atoms with Gasteiger partial charge in [0, 0.05) is 35.4 Å². The van der Waals surface area contributed by atoms with Gasteiger partial charge in [-0.2, -0.15) is 13.2 Å². The van der Waals surface area contributed by atoms with Gasteiger partial charge < -0.3 is 10.3 Å². The van der Waals surface area contributed by atoms with Crippen LogP contribution in [0.3, 0.4) is 0 Å². The maximum absolute atomic E-state index is 12.7. The lowest BCUT2D eigenvalue weighted by atomic mass is 10.2. The summed E-state index contributed by atoms with van der Waals surface area (Å²) in [6.07, 6.45) is -0.821. The largest absolute Gasteiger partial charge is 0.390 e. The molecule has 0 saturated carbocycles. The van der Waals surface area contributed by atoms with Gasteiger partial charge in [0.1, 0.15) is 17.1 Å². The molecule has 2 atom stereocenters. The number of nitrogens with zero attached hydrogens (tertiary/aromatic N) is 2. The van der Waals surface area contributed by atoms with Crippen molar-refractivity contribution in [2.24, 2.45) is 0 Å². The van der Waals surface area contributed by atoms with Crippen molar-refractivity contribution >= 4 is 28.1 Å². The number of allylic oxidation sites excluding steroid dienone is 1. The van der Waals surface area contributed by atoms with Crippen molar-refractivity contribution in [1.82, 2.24) is 9.88 Å². The Morgan fingerprint density at radius 3 is 2.63 bits per heavy atom. The van der Waals surface area contributed by atoms with E-state index in [-0.39, 0.29) is 12.3 Å². The fraction of sp³-hybridized carbons (Fsp3) is 0.471. The molecule has 1 heterocycles. The van der Waals surface area contributed by atoms with Gasteiger partial charge in [-0.3, -0.25) is 19.3 Å². The van der Waals surface area contributed by atoms with Gasteiger partial charge in [0.25, 0.3) is 0 Å². The number of quaternary nitrogens is 1. The molecule has 0 fully saturated rings. The molecule has 0 radical (unpaired) electrons. The molecule has 27 heavy (non-hydrogen) atoms. The standard InChI is InChI=1S/C17H23F3N4O2S/c1-4-24(16(25)13(3)27(26)9-7-17(18,19)20)15(12(2)21)11-23-14-6-5-8-22-10-14/h5-6,8,10-11,13,21,23H,4,7,9H2,1-3H3/p+1/b15-11+,21-12?. The Kier molecular flexibility index (Phi) is 8.77.